The Hall–Kier alpha value is -3.74. The largest absolute Gasteiger partial charge is 0.497 e. The van der Waals surface area contributed by atoms with E-state index in [1.807, 2.05) is 31.2 Å². The van der Waals surface area contributed by atoms with Gasteiger partial charge in [0.05, 0.1) is 24.7 Å². The summed E-state index contributed by atoms with van der Waals surface area (Å²) < 4.78 is 17.0. The van der Waals surface area contributed by atoms with E-state index in [9.17, 15) is 4.79 Å². The van der Waals surface area contributed by atoms with Crippen LogP contribution in [0.1, 0.15) is 17.3 Å². The lowest BCUT2D eigenvalue weighted by molar-refractivity contribution is 0.102. The summed E-state index contributed by atoms with van der Waals surface area (Å²) in [5.74, 6) is 2.01. The number of pyridine rings is 1. The van der Waals surface area contributed by atoms with Crippen LogP contribution in [0.5, 0.6) is 17.2 Å². The Morgan fingerprint density at radius 1 is 1.20 bits per heavy atom. The summed E-state index contributed by atoms with van der Waals surface area (Å²) in [5.41, 5.74) is 1.46. The average Bonchev–Trinajstić information content (AvgIpc) is 2.78. The number of hydrogen-bond donors (Lipinski definition) is 2. The molecule has 154 valence electrons. The van der Waals surface area contributed by atoms with Crippen molar-refractivity contribution in [1.29, 1.82) is 0 Å². The van der Waals surface area contributed by atoms with Crippen LogP contribution < -0.4 is 24.8 Å². The normalized spacial score (nSPS) is 17.1. The first-order chi connectivity index (χ1) is 14.5. The highest BCUT2D eigenvalue weighted by molar-refractivity contribution is 6.05. The number of carbonyl (C=O) groups excluding carboxylic acids is 1. The second-order valence-electron chi connectivity index (χ2n) is 7.35. The van der Waals surface area contributed by atoms with Crippen molar-refractivity contribution in [2.24, 2.45) is 0 Å². The van der Waals surface area contributed by atoms with Gasteiger partial charge in [0, 0.05) is 11.8 Å². The van der Waals surface area contributed by atoms with Gasteiger partial charge in [-0.1, -0.05) is 0 Å². The first-order valence-electron chi connectivity index (χ1n) is 9.58. The van der Waals surface area contributed by atoms with Gasteiger partial charge in [-0.25, -0.2) is 0 Å². The van der Waals surface area contributed by atoms with Crippen LogP contribution in [0.3, 0.4) is 0 Å². The predicted molar refractivity (Wildman–Crippen MR) is 115 cm³/mol. The molecular weight excluding hydrogens is 382 g/mol. The molecular formula is C23H23N3O4. The monoisotopic (exact) mass is 405 g/mol. The Bertz CT molecular complexity index is 1020. The minimum Gasteiger partial charge on any atom is -0.497 e. The van der Waals surface area contributed by atoms with Crippen LogP contribution in [-0.4, -0.2) is 36.8 Å². The number of nitrogens with one attached hydrogen (secondary N) is 2. The van der Waals surface area contributed by atoms with E-state index in [1.54, 1.807) is 49.8 Å². The van der Waals surface area contributed by atoms with Gasteiger partial charge in [0.2, 0.25) is 0 Å². The van der Waals surface area contributed by atoms with Gasteiger partial charge in [-0.2, -0.15) is 0 Å². The van der Waals surface area contributed by atoms with Gasteiger partial charge in [0.25, 0.3) is 5.91 Å². The molecule has 0 bridgehead atoms. The lowest BCUT2D eigenvalue weighted by atomic mass is 10.0. The fraction of sp³-hybridized carbons (Fsp3) is 0.217. The van der Waals surface area contributed by atoms with E-state index in [2.05, 4.69) is 15.6 Å². The van der Waals surface area contributed by atoms with Crippen molar-refractivity contribution in [2.75, 3.05) is 31.0 Å². The number of carbonyl (C=O) groups is 1. The molecule has 30 heavy (non-hydrogen) atoms. The summed E-state index contributed by atoms with van der Waals surface area (Å²) in [6, 6.07) is 16.3. The summed E-state index contributed by atoms with van der Waals surface area (Å²) in [7, 11) is 1.63. The van der Waals surface area contributed by atoms with E-state index in [0.29, 0.717) is 30.2 Å². The molecule has 0 spiro atoms. The standard InChI is InChI=1S/C23H23N3O4/c1-23(14-29-19-8-6-18(28-2)7-9-19)15-30-21-10-5-16(12-20(21)26-23)22(27)25-17-4-3-11-24-13-17/h3-13,26H,14-15H2,1-2H3,(H,25,27). The second kappa shape index (κ2) is 8.32. The fourth-order valence-electron chi connectivity index (χ4n) is 3.13. The van der Waals surface area contributed by atoms with Gasteiger partial charge in [0.15, 0.2) is 0 Å². The topological polar surface area (TPSA) is 81.7 Å². The molecule has 2 N–H and O–H groups in total. The van der Waals surface area contributed by atoms with Crippen LogP contribution in [0.15, 0.2) is 67.0 Å². The minimum absolute atomic E-state index is 0.214. The Morgan fingerprint density at radius 3 is 2.73 bits per heavy atom. The van der Waals surface area contributed by atoms with Gasteiger partial charge in [-0.05, 0) is 61.5 Å². The summed E-state index contributed by atoms with van der Waals surface area (Å²) in [5, 5.41) is 6.30. The highest BCUT2D eigenvalue weighted by atomic mass is 16.5. The molecule has 1 aromatic heterocycles. The van der Waals surface area contributed by atoms with Crippen LogP contribution in [0.4, 0.5) is 11.4 Å². The van der Waals surface area contributed by atoms with Crippen LogP contribution in [-0.2, 0) is 0 Å². The molecule has 1 aliphatic rings. The molecule has 4 rings (SSSR count). The summed E-state index contributed by atoms with van der Waals surface area (Å²) in [6.45, 7) is 2.85. The van der Waals surface area contributed by atoms with Crippen molar-refractivity contribution < 1.29 is 19.0 Å². The predicted octanol–water partition coefficient (Wildman–Crippen LogP) is 3.98. The van der Waals surface area contributed by atoms with Gasteiger partial charge >= 0.3 is 0 Å². The number of methoxy groups -OCH3 is 1. The first kappa shape index (κ1) is 19.6. The molecule has 7 heteroatoms. The molecule has 1 aliphatic heterocycles. The number of hydrogen-bond acceptors (Lipinski definition) is 6. The quantitative estimate of drug-likeness (QED) is 0.646. The Balaban J connectivity index is 1.43. The van der Waals surface area contributed by atoms with E-state index >= 15 is 0 Å². The maximum absolute atomic E-state index is 12.6. The van der Waals surface area contributed by atoms with Crippen molar-refractivity contribution in [3.8, 4) is 17.2 Å². The van der Waals surface area contributed by atoms with Crippen LogP contribution in [0.25, 0.3) is 0 Å². The summed E-state index contributed by atoms with van der Waals surface area (Å²) in [4.78, 5) is 16.6. The second-order valence-corrected chi connectivity index (χ2v) is 7.35. The van der Waals surface area contributed by atoms with Crippen molar-refractivity contribution in [3.05, 3.63) is 72.6 Å². The number of fused-ring (bicyclic) bond motifs is 1. The average molecular weight is 405 g/mol. The van der Waals surface area contributed by atoms with E-state index < -0.39 is 5.54 Å². The Kier molecular flexibility index (Phi) is 5.43. The molecule has 0 saturated carbocycles. The molecule has 1 amide bonds. The smallest absolute Gasteiger partial charge is 0.255 e. The number of rotatable bonds is 6. The highest BCUT2D eigenvalue weighted by Crippen LogP contribution is 2.34. The molecule has 2 heterocycles. The van der Waals surface area contributed by atoms with E-state index in [4.69, 9.17) is 14.2 Å². The zero-order valence-corrected chi connectivity index (χ0v) is 16.8. The van der Waals surface area contributed by atoms with Gasteiger partial charge < -0.3 is 24.8 Å². The van der Waals surface area contributed by atoms with E-state index in [1.165, 1.54) is 0 Å². The highest BCUT2D eigenvalue weighted by Gasteiger charge is 2.32. The number of aromatic nitrogens is 1. The van der Waals surface area contributed by atoms with Crippen molar-refractivity contribution in [1.82, 2.24) is 4.98 Å². The van der Waals surface area contributed by atoms with Gasteiger partial charge in [-0.15, -0.1) is 0 Å². The number of benzene rings is 2. The fourth-order valence-corrected chi connectivity index (χ4v) is 3.13. The maximum atomic E-state index is 12.6. The lowest BCUT2D eigenvalue weighted by Crippen LogP contribution is -2.48. The van der Waals surface area contributed by atoms with Crippen molar-refractivity contribution in [2.45, 2.75) is 12.5 Å². The van der Waals surface area contributed by atoms with Crippen LogP contribution in [0, 0.1) is 0 Å². The van der Waals surface area contributed by atoms with Gasteiger partial charge in [-0.3, -0.25) is 9.78 Å². The number of anilines is 2. The molecule has 0 radical (unpaired) electrons. The van der Waals surface area contributed by atoms with Crippen LogP contribution in [0.2, 0.25) is 0 Å². The summed E-state index contributed by atoms with van der Waals surface area (Å²) in [6.07, 6.45) is 3.26. The molecule has 2 aromatic carbocycles. The van der Waals surface area contributed by atoms with Crippen molar-refractivity contribution in [3.63, 3.8) is 0 Å². The maximum Gasteiger partial charge on any atom is 0.255 e. The third-order valence-corrected chi connectivity index (χ3v) is 4.76. The Labute approximate surface area is 175 Å². The third-order valence-electron chi connectivity index (χ3n) is 4.76. The Morgan fingerprint density at radius 2 is 2.00 bits per heavy atom. The van der Waals surface area contributed by atoms with Gasteiger partial charge in [0.1, 0.15) is 36.0 Å². The number of ether oxygens (including phenoxy) is 3. The zero-order chi connectivity index (χ0) is 21.0. The third kappa shape index (κ3) is 4.46. The molecule has 0 saturated heterocycles. The van der Waals surface area contributed by atoms with E-state index in [-0.39, 0.29) is 5.91 Å². The van der Waals surface area contributed by atoms with Crippen molar-refractivity contribution >= 4 is 17.3 Å². The zero-order valence-electron chi connectivity index (χ0n) is 16.8. The number of amides is 1. The minimum atomic E-state index is -0.453. The lowest BCUT2D eigenvalue weighted by Gasteiger charge is -2.36. The molecule has 1 unspecified atom stereocenters. The summed E-state index contributed by atoms with van der Waals surface area (Å²) >= 11 is 0. The first-order valence-corrected chi connectivity index (χ1v) is 9.58. The number of nitrogens with zero attached hydrogens (tertiary/aromatic N) is 1. The SMILES string of the molecule is COc1ccc(OCC2(C)COc3ccc(C(=O)Nc4cccnc4)cc3N2)cc1. The molecule has 3 aromatic rings. The molecule has 0 fully saturated rings. The molecule has 7 nitrogen and oxygen atoms in total. The van der Waals surface area contributed by atoms with Crippen LogP contribution >= 0.6 is 0 Å². The molecule has 1 atom stereocenters. The van der Waals surface area contributed by atoms with E-state index in [0.717, 1.165) is 17.2 Å². The molecule has 0 aliphatic carbocycles.